The van der Waals surface area contributed by atoms with Crippen LogP contribution in [0.25, 0.3) is 0 Å². The fourth-order valence-corrected chi connectivity index (χ4v) is 2.12. The SMILES string of the molecule is N#C[C@@H](Cc1ccc(O)cc1Cl)c1ccc(O)cc1. The van der Waals surface area contributed by atoms with E-state index in [0.717, 1.165) is 11.1 Å². The van der Waals surface area contributed by atoms with Crippen molar-refractivity contribution < 1.29 is 10.2 Å². The summed E-state index contributed by atoms with van der Waals surface area (Å²) in [6.45, 7) is 0. The molecular formula is C15H12ClNO2. The van der Waals surface area contributed by atoms with Gasteiger partial charge in [0.2, 0.25) is 0 Å². The van der Waals surface area contributed by atoms with Crippen LogP contribution in [0.2, 0.25) is 5.02 Å². The second-order valence-electron chi connectivity index (χ2n) is 4.25. The van der Waals surface area contributed by atoms with Gasteiger partial charge in [0.15, 0.2) is 0 Å². The summed E-state index contributed by atoms with van der Waals surface area (Å²) in [5, 5.41) is 28.2. The van der Waals surface area contributed by atoms with Gasteiger partial charge in [-0.1, -0.05) is 29.8 Å². The second-order valence-corrected chi connectivity index (χ2v) is 4.66. The highest BCUT2D eigenvalue weighted by Crippen LogP contribution is 2.28. The number of halogens is 1. The van der Waals surface area contributed by atoms with E-state index in [1.807, 2.05) is 0 Å². The van der Waals surface area contributed by atoms with Crippen molar-refractivity contribution >= 4 is 11.6 Å². The third-order valence-corrected chi connectivity index (χ3v) is 3.26. The van der Waals surface area contributed by atoms with Crippen LogP contribution in [-0.2, 0) is 6.42 Å². The van der Waals surface area contributed by atoms with Gasteiger partial charge in [-0.15, -0.1) is 0 Å². The maximum absolute atomic E-state index is 9.30. The maximum Gasteiger partial charge on any atom is 0.117 e. The van der Waals surface area contributed by atoms with Crippen molar-refractivity contribution in [2.45, 2.75) is 12.3 Å². The molecule has 0 heterocycles. The van der Waals surface area contributed by atoms with Crippen molar-refractivity contribution in [1.29, 1.82) is 5.26 Å². The molecule has 0 unspecified atom stereocenters. The lowest BCUT2D eigenvalue weighted by atomic mass is 9.93. The van der Waals surface area contributed by atoms with Gasteiger partial charge in [0.1, 0.15) is 11.5 Å². The van der Waals surface area contributed by atoms with Crippen LogP contribution in [0.5, 0.6) is 11.5 Å². The molecule has 19 heavy (non-hydrogen) atoms. The van der Waals surface area contributed by atoms with E-state index in [9.17, 15) is 15.5 Å². The predicted molar refractivity (Wildman–Crippen MR) is 73.3 cm³/mol. The van der Waals surface area contributed by atoms with Gasteiger partial charge in [-0.05, 0) is 41.8 Å². The second kappa shape index (κ2) is 5.64. The number of aromatic hydroxyl groups is 2. The van der Waals surface area contributed by atoms with Crippen LogP contribution < -0.4 is 0 Å². The summed E-state index contributed by atoms with van der Waals surface area (Å²) >= 11 is 6.03. The van der Waals surface area contributed by atoms with E-state index in [1.165, 1.54) is 6.07 Å². The van der Waals surface area contributed by atoms with Crippen molar-refractivity contribution in [3.8, 4) is 17.6 Å². The van der Waals surface area contributed by atoms with E-state index < -0.39 is 0 Å². The van der Waals surface area contributed by atoms with Gasteiger partial charge in [0.05, 0.1) is 12.0 Å². The Bertz CT molecular complexity index is 617. The van der Waals surface area contributed by atoms with E-state index in [0.29, 0.717) is 11.4 Å². The Kier molecular flexibility index (Phi) is 3.94. The van der Waals surface area contributed by atoms with E-state index in [4.69, 9.17) is 11.6 Å². The Morgan fingerprint density at radius 3 is 2.26 bits per heavy atom. The molecule has 2 aromatic rings. The molecule has 0 fully saturated rings. The van der Waals surface area contributed by atoms with E-state index in [-0.39, 0.29) is 17.4 Å². The van der Waals surface area contributed by atoms with E-state index >= 15 is 0 Å². The fourth-order valence-electron chi connectivity index (χ4n) is 1.87. The van der Waals surface area contributed by atoms with Crippen LogP contribution in [0, 0.1) is 11.3 Å². The molecule has 1 atom stereocenters. The Labute approximate surface area is 116 Å². The third-order valence-electron chi connectivity index (χ3n) is 2.91. The summed E-state index contributed by atoms with van der Waals surface area (Å²) in [4.78, 5) is 0. The van der Waals surface area contributed by atoms with Crippen molar-refractivity contribution in [1.82, 2.24) is 0 Å². The maximum atomic E-state index is 9.30. The summed E-state index contributed by atoms with van der Waals surface area (Å²) in [6, 6.07) is 13.5. The summed E-state index contributed by atoms with van der Waals surface area (Å²) in [5.41, 5.74) is 1.63. The van der Waals surface area contributed by atoms with Crippen LogP contribution in [0.4, 0.5) is 0 Å². The fraction of sp³-hybridized carbons (Fsp3) is 0.133. The van der Waals surface area contributed by atoms with Gasteiger partial charge in [-0.25, -0.2) is 0 Å². The Morgan fingerprint density at radius 2 is 1.68 bits per heavy atom. The zero-order chi connectivity index (χ0) is 13.8. The highest BCUT2D eigenvalue weighted by atomic mass is 35.5. The minimum atomic E-state index is -0.345. The molecule has 0 spiro atoms. The lowest BCUT2D eigenvalue weighted by molar-refractivity contribution is 0.474. The van der Waals surface area contributed by atoms with Gasteiger partial charge >= 0.3 is 0 Å². The van der Waals surface area contributed by atoms with Crippen LogP contribution in [0.3, 0.4) is 0 Å². The molecule has 2 aromatic carbocycles. The molecule has 0 aliphatic rings. The van der Waals surface area contributed by atoms with Crippen molar-refractivity contribution in [2.24, 2.45) is 0 Å². The number of phenols is 2. The Hall–Kier alpha value is -2.18. The molecule has 96 valence electrons. The molecule has 0 aliphatic carbocycles. The molecule has 4 heteroatoms. The van der Waals surface area contributed by atoms with Gasteiger partial charge in [-0.2, -0.15) is 5.26 Å². The Morgan fingerprint density at radius 1 is 1.05 bits per heavy atom. The minimum absolute atomic E-state index is 0.104. The van der Waals surface area contributed by atoms with Crippen molar-refractivity contribution in [2.75, 3.05) is 0 Å². The molecule has 3 nitrogen and oxygen atoms in total. The average molecular weight is 274 g/mol. The molecule has 0 aromatic heterocycles. The molecule has 0 bridgehead atoms. The van der Waals surface area contributed by atoms with E-state index in [2.05, 4.69) is 6.07 Å². The summed E-state index contributed by atoms with van der Waals surface area (Å²) < 4.78 is 0. The molecule has 0 aliphatic heterocycles. The first-order valence-corrected chi connectivity index (χ1v) is 6.14. The van der Waals surface area contributed by atoms with Crippen LogP contribution in [-0.4, -0.2) is 10.2 Å². The number of hydrogen-bond donors (Lipinski definition) is 2. The number of benzene rings is 2. The summed E-state index contributed by atoms with van der Waals surface area (Å²) in [5.74, 6) is -0.0716. The first-order valence-electron chi connectivity index (χ1n) is 5.76. The first kappa shape index (κ1) is 13.3. The standard InChI is InChI=1S/C15H12ClNO2/c16-15-8-14(19)6-3-11(15)7-12(9-17)10-1-4-13(18)5-2-10/h1-6,8,12,18-19H,7H2/t12-/m1/s1. The van der Waals surface area contributed by atoms with Crippen LogP contribution in [0.1, 0.15) is 17.0 Å². The molecule has 0 saturated carbocycles. The number of phenolic OH excluding ortho intramolecular Hbond substituents is 2. The van der Waals surface area contributed by atoms with Gasteiger partial charge in [0, 0.05) is 5.02 Å². The number of nitriles is 1. The Balaban J connectivity index is 2.24. The predicted octanol–water partition coefficient (Wildman–Crippen LogP) is 3.60. The summed E-state index contributed by atoms with van der Waals surface area (Å²) in [6.07, 6.45) is 0.459. The lowest BCUT2D eigenvalue weighted by Crippen LogP contribution is -2.00. The van der Waals surface area contributed by atoms with Gasteiger partial charge < -0.3 is 10.2 Å². The minimum Gasteiger partial charge on any atom is -0.508 e. The van der Waals surface area contributed by atoms with Crippen molar-refractivity contribution in [3.63, 3.8) is 0 Å². The molecule has 0 saturated heterocycles. The zero-order valence-corrected chi connectivity index (χ0v) is 10.8. The zero-order valence-electron chi connectivity index (χ0n) is 10.0. The van der Waals surface area contributed by atoms with Crippen LogP contribution in [0.15, 0.2) is 42.5 Å². The quantitative estimate of drug-likeness (QED) is 0.898. The smallest absolute Gasteiger partial charge is 0.117 e. The number of hydrogen-bond acceptors (Lipinski definition) is 3. The van der Waals surface area contributed by atoms with Gasteiger partial charge in [-0.3, -0.25) is 0 Å². The average Bonchev–Trinajstić information content (AvgIpc) is 2.39. The van der Waals surface area contributed by atoms with Crippen LogP contribution >= 0.6 is 11.6 Å². The third kappa shape index (κ3) is 3.18. The highest BCUT2D eigenvalue weighted by Gasteiger charge is 2.13. The topological polar surface area (TPSA) is 64.2 Å². The molecular weight excluding hydrogens is 262 g/mol. The van der Waals surface area contributed by atoms with Gasteiger partial charge in [0.25, 0.3) is 0 Å². The monoisotopic (exact) mass is 273 g/mol. The molecule has 0 amide bonds. The largest absolute Gasteiger partial charge is 0.508 e. The molecule has 2 rings (SSSR count). The van der Waals surface area contributed by atoms with E-state index in [1.54, 1.807) is 36.4 Å². The molecule has 2 N–H and O–H groups in total. The highest BCUT2D eigenvalue weighted by molar-refractivity contribution is 6.31. The molecule has 0 radical (unpaired) electrons. The summed E-state index contributed by atoms with van der Waals surface area (Å²) in [7, 11) is 0. The van der Waals surface area contributed by atoms with Crippen molar-refractivity contribution in [3.05, 3.63) is 58.6 Å². The first-order chi connectivity index (χ1) is 9.10. The number of nitrogens with zero attached hydrogens (tertiary/aromatic N) is 1. The number of rotatable bonds is 3. The lowest BCUT2D eigenvalue weighted by Gasteiger charge is -2.11. The normalized spacial score (nSPS) is 11.8.